The molecule has 1 aliphatic rings. The molecule has 5 nitrogen and oxygen atoms in total. The SMILES string of the molecule is CCC(C)(NC(=O)C1CC1c1ccccc1)/C(N)=N/O. The Morgan fingerprint density at radius 3 is 2.70 bits per heavy atom. The first-order chi connectivity index (χ1) is 9.51. The zero-order valence-electron chi connectivity index (χ0n) is 11.8. The number of hydrogen-bond donors (Lipinski definition) is 3. The molecule has 0 aliphatic heterocycles. The van der Waals surface area contributed by atoms with E-state index in [1.807, 2.05) is 37.3 Å². The van der Waals surface area contributed by atoms with Gasteiger partial charge in [0.2, 0.25) is 5.91 Å². The summed E-state index contributed by atoms with van der Waals surface area (Å²) in [5.74, 6) is 0.263. The number of benzene rings is 1. The molecule has 1 aromatic carbocycles. The lowest BCUT2D eigenvalue weighted by Crippen LogP contribution is -2.55. The van der Waals surface area contributed by atoms with E-state index in [0.717, 1.165) is 6.42 Å². The van der Waals surface area contributed by atoms with E-state index in [4.69, 9.17) is 10.9 Å². The molecule has 108 valence electrons. The predicted octanol–water partition coefficient (Wildman–Crippen LogP) is 1.82. The minimum absolute atomic E-state index is 0.0187. The summed E-state index contributed by atoms with van der Waals surface area (Å²) in [5.41, 5.74) is 6.06. The maximum Gasteiger partial charge on any atom is 0.224 e. The smallest absolute Gasteiger partial charge is 0.224 e. The maximum absolute atomic E-state index is 12.3. The van der Waals surface area contributed by atoms with Crippen LogP contribution >= 0.6 is 0 Å². The van der Waals surface area contributed by atoms with E-state index in [9.17, 15) is 4.79 Å². The van der Waals surface area contributed by atoms with Crippen molar-refractivity contribution in [3.63, 3.8) is 0 Å². The van der Waals surface area contributed by atoms with Gasteiger partial charge in [0.15, 0.2) is 5.84 Å². The Hall–Kier alpha value is -2.04. The molecule has 20 heavy (non-hydrogen) atoms. The Balaban J connectivity index is 2.01. The molecule has 0 saturated heterocycles. The van der Waals surface area contributed by atoms with E-state index < -0.39 is 5.54 Å². The molecule has 1 fully saturated rings. The van der Waals surface area contributed by atoms with Crippen LogP contribution in [0.25, 0.3) is 0 Å². The minimum Gasteiger partial charge on any atom is -0.409 e. The fourth-order valence-electron chi connectivity index (χ4n) is 2.36. The summed E-state index contributed by atoms with van der Waals surface area (Å²) >= 11 is 0. The lowest BCUT2D eigenvalue weighted by Gasteiger charge is -2.28. The summed E-state index contributed by atoms with van der Waals surface area (Å²) in [6, 6.07) is 10.0. The molecule has 0 bridgehead atoms. The molecule has 0 radical (unpaired) electrons. The van der Waals surface area contributed by atoms with Crippen LogP contribution in [0.5, 0.6) is 0 Å². The Morgan fingerprint density at radius 2 is 2.15 bits per heavy atom. The number of amidine groups is 1. The Kier molecular flexibility index (Phi) is 3.97. The molecule has 5 heteroatoms. The third-order valence-electron chi connectivity index (χ3n) is 4.13. The quantitative estimate of drug-likeness (QED) is 0.331. The highest BCUT2D eigenvalue weighted by atomic mass is 16.4. The zero-order valence-corrected chi connectivity index (χ0v) is 11.8. The van der Waals surface area contributed by atoms with Crippen molar-refractivity contribution in [3.8, 4) is 0 Å². The van der Waals surface area contributed by atoms with Crippen molar-refractivity contribution in [1.29, 1.82) is 0 Å². The van der Waals surface area contributed by atoms with E-state index in [2.05, 4.69) is 10.5 Å². The van der Waals surface area contributed by atoms with Crippen LogP contribution < -0.4 is 11.1 Å². The number of nitrogens with one attached hydrogen (secondary N) is 1. The van der Waals surface area contributed by atoms with Gasteiger partial charge in [-0.25, -0.2) is 0 Å². The molecule has 3 unspecified atom stereocenters. The number of hydrogen-bond acceptors (Lipinski definition) is 3. The van der Waals surface area contributed by atoms with Crippen molar-refractivity contribution < 1.29 is 10.0 Å². The van der Waals surface area contributed by atoms with Crippen LogP contribution in [0.2, 0.25) is 0 Å². The largest absolute Gasteiger partial charge is 0.409 e. The summed E-state index contributed by atoms with van der Waals surface area (Å²) in [5, 5.41) is 14.7. The number of carbonyl (C=O) groups excluding carboxylic acids is 1. The normalized spacial score (nSPS) is 24.8. The van der Waals surface area contributed by atoms with Gasteiger partial charge in [-0.05, 0) is 31.2 Å². The average Bonchev–Trinajstić information content (AvgIpc) is 3.27. The summed E-state index contributed by atoms with van der Waals surface area (Å²) in [6.07, 6.45) is 1.42. The third-order valence-corrected chi connectivity index (χ3v) is 4.13. The van der Waals surface area contributed by atoms with Crippen LogP contribution in [0.1, 0.15) is 38.2 Å². The standard InChI is InChI=1S/C15H21N3O2/c1-3-15(2,14(16)18-20)17-13(19)12-9-11(12)10-7-5-4-6-8-10/h4-8,11-12,20H,3,9H2,1-2H3,(H2,16,18)(H,17,19). The van der Waals surface area contributed by atoms with Crippen LogP contribution in [0.3, 0.4) is 0 Å². The van der Waals surface area contributed by atoms with Crippen LogP contribution in [0.4, 0.5) is 0 Å². The highest BCUT2D eigenvalue weighted by Crippen LogP contribution is 2.47. The van der Waals surface area contributed by atoms with E-state index in [-0.39, 0.29) is 23.6 Å². The molecule has 2 rings (SSSR count). The van der Waals surface area contributed by atoms with Crippen molar-refractivity contribution in [2.75, 3.05) is 0 Å². The van der Waals surface area contributed by atoms with E-state index >= 15 is 0 Å². The lowest BCUT2D eigenvalue weighted by atomic mass is 9.97. The summed E-state index contributed by atoms with van der Waals surface area (Å²) in [6.45, 7) is 3.65. The third kappa shape index (κ3) is 2.76. The first-order valence-corrected chi connectivity index (χ1v) is 6.86. The van der Waals surface area contributed by atoms with Crippen molar-refractivity contribution in [3.05, 3.63) is 35.9 Å². The second kappa shape index (κ2) is 5.53. The van der Waals surface area contributed by atoms with Gasteiger partial charge in [0.05, 0.1) is 5.54 Å². The summed E-state index contributed by atoms with van der Waals surface area (Å²) < 4.78 is 0. The minimum atomic E-state index is -0.796. The Bertz CT molecular complexity index is 515. The molecular formula is C15H21N3O2. The van der Waals surface area contributed by atoms with Gasteiger partial charge in [0.1, 0.15) is 0 Å². The summed E-state index contributed by atoms with van der Waals surface area (Å²) in [4.78, 5) is 12.3. The Labute approximate surface area is 118 Å². The van der Waals surface area contributed by atoms with E-state index in [0.29, 0.717) is 6.42 Å². The number of nitrogens with two attached hydrogens (primary N) is 1. The van der Waals surface area contributed by atoms with Crippen molar-refractivity contribution in [2.24, 2.45) is 16.8 Å². The summed E-state index contributed by atoms with van der Waals surface area (Å²) in [7, 11) is 0. The Morgan fingerprint density at radius 1 is 1.50 bits per heavy atom. The van der Waals surface area contributed by atoms with Gasteiger partial charge in [-0.1, -0.05) is 42.4 Å². The van der Waals surface area contributed by atoms with Crippen LogP contribution in [-0.2, 0) is 4.79 Å². The monoisotopic (exact) mass is 275 g/mol. The van der Waals surface area contributed by atoms with Crippen LogP contribution in [0, 0.1) is 5.92 Å². The van der Waals surface area contributed by atoms with Gasteiger partial charge in [0, 0.05) is 5.92 Å². The topological polar surface area (TPSA) is 87.7 Å². The highest BCUT2D eigenvalue weighted by Gasteiger charge is 2.45. The fraction of sp³-hybridized carbons (Fsp3) is 0.467. The lowest BCUT2D eigenvalue weighted by molar-refractivity contribution is -0.123. The first-order valence-electron chi connectivity index (χ1n) is 6.86. The molecule has 4 N–H and O–H groups in total. The molecule has 1 aromatic rings. The van der Waals surface area contributed by atoms with Gasteiger partial charge in [-0.2, -0.15) is 0 Å². The van der Waals surface area contributed by atoms with E-state index in [1.54, 1.807) is 6.92 Å². The molecule has 0 heterocycles. The van der Waals surface area contributed by atoms with Crippen molar-refractivity contribution in [2.45, 2.75) is 38.1 Å². The number of nitrogens with zero attached hydrogens (tertiary/aromatic N) is 1. The van der Waals surface area contributed by atoms with Crippen LogP contribution in [-0.4, -0.2) is 22.5 Å². The first kappa shape index (κ1) is 14.4. The number of oxime groups is 1. The van der Waals surface area contributed by atoms with Crippen molar-refractivity contribution in [1.82, 2.24) is 5.32 Å². The van der Waals surface area contributed by atoms with Gasteiger partial charge in [-0.15, -0.1) is 0 Å². The highest BCUT2D eigenvalue weighted by molar-refractivity contribution is 5.94. The molecule has 0 aromatic heterocycles. The second-order valence-corrected chi connectivity index (χ2v) is 5.52. The van der Waals surface area contributed by atoms with Gasteiger partial charge in [0.25, 0.3) is 0 Å². The van der Waals surface area contributed by atoms with Gasteiger partial charge >= 0.3 is 0 Å². The molecular weight excluding hydrogens is 254 g/mol. The van der Waals surface area contributed by atoms with E-state index in [1.165, 1.54) is 5.56 Å². The fourth-order valence-corrected chi connectivity index (χ4v) is 2.36. The maximum atomic E-state index is 12.3. The van der Waals surface area contributed by atoms with Crippen LogP contribution in [0.15, 0.2) is 35.5 Å². The molecule has 1 amide bonds. The average molecular weight is 275 g/mol. The molecule has 1 aliphatic carbocycles. The van der Waals surface area contributed by atoms with Crippen molar-refractivity contribution >= 4 is 11.7 Å². The second-order valence-electron chi connectivity index (χ2n) is 5.52. The number of amides is 1. The molecule has 3 atom stereocenters. The zero-order chi connectivity index (χ0) is 14.8. The van der Waals surface area contributed by atoms with Gasteiger partial charge in [-0.3, -0.25) is 4.79 Å². The number of rotatable bonds is 5. The van der Waals surface area contributed by atoms with Gasteiger partial charge < -0.3 is 16.3 Å². The molecule has 0 spiro atoms. The number of carbonyl (C=O) groups is 1. The predicted molar refractivity (Wildman–Crippen MR) is 77.5 cm³/mol. The molecule has 1 saturated carbocycles.